The van der Waals surface area contributed by atoms with E-state index >= 15 is 0 Å². The van der Waals surface area contributed by atoms with E-state index in [1.165, 1.54) is 0 Å². The van der Waals surface area contributed by atoms with Gasteiger partial charge in [0.15, 0.2) is 0 Å². The molecular formula is C13H17ClN2O4S. The highest BCUT2D eigenvalue weighted by molar-refractivity contribution is 7.98. The Labute approximate surface area is 132 Å². The third-order valence-electron chi connectivity index (χ3n) is 2.84. The third-order valence-corrected chi connectivity index (χ3v) is 3.84. The Balaban J connectivity index is 2.76. The molecule has 1 aromatic rings. The standard InChI is InChI=1S/C13H17ClN2O4S/c1-21-6-4-2-3-5-15-12-10(13(17)18)7-9(16(19)20)8-11(12)14/h7-8,15H,2-6H2,1H3,(H,17,18). The van der Waals surface area contributed by atoms with Crippen molar-refractivity contribution in [3.8, 4) is 0 Å². The Hall–Kier alpha value is -1.47. The maximum atomic E-state index is 11.2. The molecule has 0 aromatic heterocycles. The second kappa shape index (κ2) is 8.74. The highest BCUT2D eigenvalue weighted by Gasteiger charge is 2.19. The number of nitro groups is 1. The molecule has 21 heavy (non-hydrogen) atoms. The number of nitrogens with zero attached hydrogens (tertiary/aromatic N) is 1. The summed E-state index contributed by atoms with van der Waals surface area (Å²) in [6.45, 7) is 0.576. The van der Waals surface area contributed by atoms with Gasteiger partial charge in [0, 0.05) is 18.7 Å². The number of hydrogen-bond donors (Lipinski definition) is 2. The van der Waals surface area contributed by atoms with E-state index in [0.717, 1.165) is 37.1 Å². The SMILES string of the molecule is CSCCCCCNc1c(Cl)cc([N+](=O)[O-])cc1C(=O)O. The Morgan fingerprint density at radius 2 is 2.14 bits per heavy atom. The topological polar surface area (TPSA) is 92.5 Å². The summed E-state index contributed by atoms with van der Waals surface area (Å²) >= 11 is 7.74. The van der Waals surface area contributed by atoms with Crippen molar-refractivity contribution in [3.63, 3.8) is 0 Å². The minimum atomic E-state index is -1.24. The lowest BCUT2D eigenvalue weighted by atomic mass is 10.1. The predicted octanol–water partition coefficient (Wildman–Crippen LogP) is 3.89. The summed E-state index contributed by atoms with van der Waals surface area (Å²) in [6.07, 6.45) is 5.06. The van der Waals surface area contributed by atoms with Gasteiger partial charge in [0.05, 0.1) is 21.2 Å². The molecule has 6 nitrogen and oxygen atoms in total. The smallest absolute Gasteiger partial charge is 0.338 e. The van der Waals surface area contributed by atoms with Crippen LogP contribution in [0, 0.1) is 10.1 Å². The van der Waals surface area contributed by atoms with Crippen molar-refractivity contribution < 1.29 is 14.8 Å². The number of unbranched alkanes of at least 4 members (excludes halogenated alkanes) is 2. The highest BCUT2D eigenvalue weighted by atomic mass is 35.5. The number of nitrogens with one attached hydrogen (secondary N) is 1. The van der Waals surface area contributed by atoms with E-state index in [2.05, 4.69) is 5.32 Å². The van der Waals surface area contributed by atoms with Crippen LogP contribution in [0.3, 0.4) is 0 Å². The van der Waals surface area contributed by atoms with Gasteiger partial charge in [-0.3, -0.25) is 10.1 Å². The molecule has 0 aliphatic rings. The number of carboxylic acids is 1. The van der Waals surface area contributed by atoms with E-state index in [1.807, 2.05) is 6.26 Å². The Morgan fingerprint density at radius 1 is 1.43 bits per heavy atom. The van der Waals surface area contributed by atoms with Crippen LogP contribution < -0.4 is 5.32 Å². The number of non-ortho nitro benzene ring substituents is 1. The number of benzene rings is 1. The fraction of sp³-hybridized carbons (Fsp3) is 0.462. The van der Waals surface area contributed by atoms with Crippen molar-refractivity contribution in [2.45, 2.75) is 19.3 Å². The van der Waals surface area contributed by atoms with Crippen LogP contribution in [0.2, 0.25) is 5.02 Å². The van der Waals surface area contributed by atoms with Gasteiger partial charge in [-0.15, -0.1) is 0 Å². The fourth-order valence-corrected chi connectivity index (χ4v) is 2.58. The molecule has 0 unspecified atom stereocenters. The van der Waals surface area contributed by atoms with Gasteiger partial charge in [-0.2, -0.15) is 11.8 Å². The summed E-state index contributed by atoms with van der Waals surface area (Å²) in [5.74, 6) is -0.149. The number of carboxylic acid groups (broad SMARTS) is 1. The van der Waals surface area contributed by atoms with Crippen molar-refractivity contribution in [2.24, 2.45) is 0 Å². The summed E-state index contributed by atoms with van der Waals surface area (Å²) in [4.78, 5) is 21.3. The van der Waals surface area contributed by atoms with E-state index in [9.17, 15) is 14.9 Å². The fourth-order valence-electron chi connectivity index (χ4n) is 1.81. The molecule has 0 amide bonds. The van der Waals surface area contributed by atoms with Crippen molar-refractivity contribution in [1.82, 2.24) is 0 Å². The molecule has 0 fully saturated rings. The summed E-state index contributed by atoms with van der Waals surface area (Å²) in [7, 11) is 0. The van der Waals surface area contributed by atoms with E-state index < -0.39 is 10.9 Å². The van der Waals surface area contributed by atoms with Crippen LogP contribution in [-0.4, -0.2) is 34.6 Å². The number of carbonyl (C=O) groups is 1. The van der Waals surface area contributed by atoms with Gasteiger partial charge in [-0.25, -0.2) is 4.79 Å². The van der Waals surface area contributed by atoms with E-state index in [4.69, 9.17) is 16.7 Å². The van der Waals surface area contributed by atoms with Crippen molar-refractivity contribution in [3.05, 3.63) is 32.8 Å². The summed E-state index contributed by atoms with van der Waals surface area (Å²) in [6, 6.07) is 2.17. The molecule has 0 saturated carbocycles. The van der Waals surface area contributed by atoms with Gasteiger partial charge in [-0.05, 0) is 24.9 Å². The molecule has 0 heterocycles. The van der Waals surface area contributed by atoms with Gasteiger partial charge < -0.3 is 10.4 Å². The first-order valence-corrected chi connectivity index (χ1v) is 8.18. The molecule has 0 saturated heterocycles. The zero-order chi connectivity index (χ0) is 15.8. The molecule has 8 heteroatoms. The average Bonchev–Trinajstić information content (AvgIpc) is 2.43. The number of anilines is 1. The number of aromatic carboxylic acids is 1. The van der Waals surface area contributed by atoms with E-state index in [0.29, 0.717) is 6.54 Å². The maximum Gasteiger partial charge on any atom is 0.338 e. The van der Waals surface area contributed by atoms with Crippen LogP contribution in [0.4, 0.5) is 11.4 Å². The monoisotopic (exact) mass is 332 g/mol. The molecule has 0 radical (unpaired) electrons. The maximum absolute atomic E-state index is 11.2. The Bertz CT molecular complexity index is 525. The van der Waals surface area contributed by atoms with E-state index in [-0.39, 0.29) is 22.0 Å². The van der Waals surface area contributed by atoms with Crippen molar-refractivity contribution in [2.75, 3.05) is 23.9 Å². The Kier molecular flexibility index (Phi) is 7.31. The quantitative estimate of drug-likeness (QED) is 0.405. The molecule has 1 rings (SSSR count). The van der Waals surface area contributed by atoms with Crippen LogP contribution in [0.15, 0.2) is 12.1 Å². The molecule has 0 spiro atoms. The van der Waals surface area contributed by atoms with Crippen molar-refractivity contribution >= 4 is 40.7 Å². The van der Waals surface area contributed by atoms with Crippen LogP contribution >= 0.6 is 23.4 Å². The van der Waals surface area contributed by atoms with Gasteiger partial charge in [0.1, 0.15) is 0 Å². The molecular weight excluding hydrogens is 316 g/mol. The molecule has 0 aliphatic carbocycles. The van der Waals surface area contributed by atoms with Crippen LogP contribution in [0.25, 0.3) is 0 Å². The lowest BCUT2D eigenvalue weighted by molar-refractivity contribution is -0.384. The first-order chi connectivity index (χ1) is 9.97. The normalized spacial score (nSPS) is 10.4. The second-order valence-corrected chi connectivity index (χ2v) is 5.79. The summed E-state index contributed by atoms with van der Waals surface area (Å²) in [5.41, 5.74) is -0.277. The lowest BCUT2D eigenvalue weighted by Gasteiger charge is -2.11. The zero-order valence-electron chi connectivity index (χ0n) is 11.6. The summed E-state index contributed by atoms with van der Waals surface area (Å²) in [5, 5.41) is 22.9. The average molecular weight is 333 g/mol. The van der Waals surface area contributed by atoms with Crippen LogP contribution in [-0.2, 0) is 0 Å². The number of rotatable bonds is 9. The summed E-state index contributed by atoms with van der Waals surface area (Å²) < 4.78 is 0. The van der Waals surface area contributed by atoms with Gasteiger partial charge >= 0.3 is 5.97 Å². The molecule has 2 N–H and O–H groups in total. The molecule has 116 valence electrons. The van der Waals surface area contributed by atoms with Crippen LogP contribution in [0.5, 0.6) is 0 Å². The van der Waals surface area contributed by atoms with E-state index in [1.54, 1.807) is 11.8 Å². The number of thioether (sulfide) groups is 1. The molecule has 0 bridgehead atoms. The molecule has 1 aromatic carbocycles. The first kappa shape index (κ1) is 17.6. The third kappa shape index (κ3) is 5.43. The van der Waals surface area contributed by atoms with Gasteiger partial charge in [0.25, 0.3) is 5.69 Å². The van der Waals surface area contributed by atoms with Crippen LogP contribution in [0.1, 0.15) is 29.6 Å². The molecule has 0 atom stereocenters. The minimum absolute atomic E-state index is 0.0470. The van der Waals surface area contributed by atoms with Crippen molar-refractivity contribution in [1.29, 1.82) is 0 Å². The predicted molar refractivity (Wildman–Crippen MR) is 85.8 cm³/mol. The van der Waals surface area contributed by atoms with Gasteiger partial charge in [-0.1, -0.05) is 18.0 Å². The highest BCUT2D eigenvalue weighted by Crippen LogP contribution is 2.31. The second-order valence-electron chi connectivity index (χ2n) is 4.39. The Morgan fingerprint density at radius 3 is 2.71 bits per heavy atom. The van der Waals surface area contributed by atoms with Gasteiger partial charge in [0.2, 0.25) is 0 Å². The number of halogens is 1. The number of hydrogen-bond acceptors (Lipinski definition) is 5. The molecule has 0 aliphatic heterocycles. The lowest BCUT2D eigenvalue weighted by Crippen LogP contribution is -2.09. The first-order valence-electron chi connectivity index (χ1n) is 6.41. The zero-order valence-corrected chi connectivity index (χ0v) is 13.2. The largest absolute Gasteiger partial charge is 0.478 e. The number of nitro benzene ring substituents is 1. The minimum Gasteiger partial charge on any atom is -0.478 e.